The van der Waals surface area contributed by atoms with Crippen LogP contribution in [-0.4, -0.2) is 62.5 Å². The topological polar surface area (TPSA) is 171 Å². The summed E-state index contributed by atoms with van der Waals surface area (Å²) >= 11 is 0. The van der Waals surface area contributed by atoms with E-state index in [0.29, 0.717) is 34.8 Å². The maximum atomic E-state index is 13.2. The number of rotatable bonds is 15. The molecule has 3 atom stereocenters. The molecule has 2 aromatic rings. The molecule has 0 spiro atoms. The zero-order valence-electron chi connectivity index (χ0n) is 24.9. The van der Waals surface area contributed by atoms with Gasteiger partial charge in [-0.3, -0.25) is 9.59 Å². The summed E-state index contributed by atoms with van der Waals surface area (Å²) in [6.07, 6.45) is -0.881. The molecule has 42 heavy (non-hydrogen) atoms. The monoisotopic (exact) mass is 583 g/mol. The van der Waals surface area contributed by atoms with Crippen LogP contribution in [0.25, 0.3) is 0 Å². The van der Waals surface area contributed by atoms with Crippen LogP contribution >= 0.6 is 0 Å². The Balaban J connectivity index is 2.00. The van der Waals surface area contributed by atoms with E-state index < -0.39 is 30.1 Å². The number of nitriles is 1. The lowest BCUT2D eigenvalue weighted by Crippen LogP contribution is -2.54. The molecule has 0 aliphatic carbocycles. The van der Waals surface area contributed by atoms with Gasteiger partial charge in [-0.25, -0.2) is 4.79 Å². The molecule has 228 valence electrons. The highest BCUT2D eigenvalue weighted by Gasteiger charge is 2.27. The van der Waals surface area contributed by atoms with Crippen LogP contribution in [0.1, 0.15) is 50.3 Å². The molecule has 0 saturated heterocycles. The Morgan fingerprint density at radius 3 is 2.12 bits per heavy atom. The molecule has 0 fully saturated rings. The normalized spacial score (nSPS) is 12.7. The van der Waals surface area contributed by atoms with E-state index in [2.05, 4.69) is 21.3 Å². The van der Waals surface area contributed by atoms with Gasteiger partial charge in [0.15, 0.2) is 0 Å². The standard InChI is InChI=1S/C30H41N5O7/c1-18(2)9-26(35-30(39)33-17-22-8-7-20(15-31)12-27(22)42-6)29(38)34-25(19(3)36)14-28(37)32-16-21-10-23(40-4)13-24(11-21)41-5/h7-8,10-13,18-19,25-26,36H,9,14,16-17H2,1-6H3,(H,32,37)(H,34,38)(H2,33,35,39)/t19-,25?,26-/m0/s1. The van der Waals surface area contributed by atoms with Gasteiger partial charge in [-0.2, -0.15) is 5.26 Å². The van der Waals surface area contributed by atoms with Gasteiger partial charge in [0.25, 0.3) is 0 Å². The number of benzene rings is 2. The minimum atomic E-state index is -1.03. The fourth-order valence-corrected chi connectivity index (χ4v) is 4.11. The van der Waals surface area contributed by atoms with E-state index in [9.17, 15) is 19.5 Å². The van der Waals surface area contributed by atoms with E-state index in [-0.39, 0.29) is 31.3 Å². The van der Waals surface area contributed by atoms with Gasteiger partial charge in [-0.1, -0.05) is 19.9 Å². The summed E-state index contributed by atoms with van der Waals surface area (Å²) in [5.41, 5.74) is 1.84. The zero-order chi connectivity index (χ0) is 31.2. The van der Waals surface area contributed by atoms with Gasteiger partial charge < -0.3 is 40.6 Å². The highest BCUT2D eigenvalue weighted by atomic mass is 16.5. The molecule has 0 saturated carbocycles. The molecule has 0 aliphatic heterocycles. The molecule has 0 aliphatic rings. The Kier molecular flexibility index (Phi) is 13.4. The number of hydrogen-bond donors (Lipinski definition) is 5. The lowest BCUT2D eigenvalue weighted by atomic mass is 10.0. The minimum Gasteiger partial charge on any atom is -0.497 e. The molecule has 1 unspecified atom stereocenters. The average molecular weight is 584 g/mol. The fraction of sp³-hybridized carbons (Fsp3) is 0.467. The van der Waals surface area contributed by atoms with Crippen LogP contribution in [0.5, 0.6) is 17.2 Å². The first-order valence-corrected chi connectivity index (χ1v) is 13.6. The molecular weight excluding hydrogens is 542 g/mol. The average Bonchev–Trinajstić information content (AvgIpc) is 2.97. The maximum absolute atomic E-state index is 13.2. The van der Waals surface area contributed by atoms with Crippen molar-refractivity contribution in [1.82, 2.24) is 21.3 Å². The molecule has 5 N–H and O–H groups in total. The number of nitrogens with one attached hydrogen (secondary N) is 4. The summed E-state index contributed by atoms with van der Waals surface area (Å²) < 4.78 is 15.8. The zero-order valence-corrected chi connectivity index (χ0v) is 24.9. The number of hydrogen-bond acceptors (Lipinski definition) is 8. The van der Waals surface area contributed by atoms with E-state index in [1.54, 1.807) is 36.4 Å². The van der Waals surface area contributed by atoms with Crippen LogP contribution in [-0.2, 0) is 22.7 Å². The van der Waals surface area contributed by atoms with E-state index >= 15 is 0 Å². The second-order valence-corrected chi connectivity index (χ2v) is 10.2. The highest BCUT2D eigenvalue weighted by molar-refractivity contribution is 5.88. The van der Waals surface area contributed by atoms with Crippen molar-refractivity contribution < 1.29 is 33.7 Å². The van der Waals surface area contributed by atoms with Gasteiger partial charge in [0.05, 0.1) is 45.1 Å². The van der Waals surface area contributed by atoms with Gasteiger partial charge in [0, 0.05) is 31.1 Å². The molecular formula is C30H41N5O7. The van der Waals surface area contributed by atoms with Gasteiger partial charge >= 0.3 is 6.03 Å². The van der Waals surface area contributed by atoms with Crippen molar-refractivity contribution in [2.24, 2.45) is 5.92 Å². The Bertz CT molecular complexity index is 1240. The Hall–Kier alpha value is -4.50. The molecule has 0 aromatic heterocycles. The van der Waals surface area contributed by atoms with Crippen molar-refractivity contribution in [2.75, 3.05) is 21.3 Å². The van der Waals surface area contributed by atoms with Crippen molar-refractivity contribution in [3.05, 3.63) is 53.1 Å². The Morgan fingerprint density at radius 2 is 1.57 bits per heavy atom. The lowest BCUT2D eigenvalue weighted by molar-refractivity contribution is -0.126. The molecule has 4 amide bonds. The third-order valence-corrected chi connectivity index (χ3v) is 6.40. The van der Waals surface area contributed by atoms with Crippen molar-refractivity contribution in [3.8, 4) is 23.3 Å². The lowest BCUT2D eigenvalue weighted by Gasteiger charge is -2.26. The number of carbonyl (C=O) groups excluding carboxylic acids is 3. The molecule has 0 heterocycles. The molecule has 2 aromatic carbocycles. The van der Waals surface area contributed by atoms with E-state index in [1.807, 2.05) is 19.9 Å². The third-order valence-electron chi connectivity index (χ3n) is 6.40. The number of amides is 4. The smallest absolute Gasteiger partial charge is 0.315 e. The maximum Gasteiger partial charge on any atom is 0.315 e. The second-order valence-electron chi connectivity index (χ2n) is 10.2. The van der Waals surface area contributed by atoms with E-state index in [4.69, 9.17) is 19.5 Å². The molecule has 2 rings (SSSR count). The SMILES string of the molecule is COc1cc(CNC(=O)CC(NC(=O)[C@H](CC(C)C)NC(=O)NCc2ccc(C#N)cc2OC)[C@H](C)O)cc(OC)c1. The van der Waals surface area contributed by atoms with Gasteiger partial charge in [0.2, 0.25) is 11.8 Å². The van der Waals surface area contributed by atoms with E-state index in [0.717, 1.165) is 5.56 Å². The summed E-state index contributed by atoms with van der Waals surface area (Å²) in [5.74, 6) is 0.770. The van der Waals surface area contributed by atoms with Crippen molar-refractivity contribution >= 4 is 17.8 Å². The van der Waals surface area contributed by atoms with Crippen molar-refractivity contribution in [3.63, 3.8) is 0 Å². The van der Waals surface area contributed by atoms with Crippen LogP contribution in [0.3, 0.4) is 0 Å². The van der Waals surface area contributed by atoms with Crippen molar-refractivity contribution in [2.45, 2.75) is 64.9 Å². The van der Waals surface area contributed by atoms with Crippen LogP contribution in [0.15, 0.2) is 36.4 Å². The summed E-state index contributed by atoms with van der Waals surface area (Å²) in [4.78, 5) is 38.6. The van der Waals surface area contributed by atoms with Gasteiger partial charge in [-0.15, -0.1) is 0 Å². The summed E-state index contributed by atoms with van der Waals surface area (Å²) in [6, 6.07) is 9.77. The molecule has 12 nitrogen and oxygen atoms in total. The fourth-order valence-electron chi connectivity index (χ4n) is 4.11. The van der Waals surface area contributed by atoms with Crippen LogP contribution in [0, 0.1) is 17.2 Å². The minimum absolute atomic E-state index is 0.0628. The number of aliphatic hydroxyl groups is 1. The second kappa shape index (κ2) is 16.7. The number of methoxy groups -OCH3 is 3. The number of nitrogens with zero attached hydrogens (tertiary/aromatic N) is 1. The first kappa shape index (κ1) is 33.7. The van der Waals surface area contributed by atoms with E-state index in [1.165, 1.54) is 28.3 Å². The first-order chi connectivity index (χ1) is 20.0. The highest BCUT2D eigenvalue weighted by Crippen LogP contribution is 2.22. The van der Waals surface area contributed by atoms with Crippen LogP contribution in [0.4, 0.5) is 4.79 Å². The summed E-state index contributed by atoms with van der Waals surface area (Å²) in [5, 5.41) is 30.3. The number of ether oxygens (including phenoxy) is 3. The van der Waals surface area contributed by atoms with Crippen LogP contribution in [0.2, 0.25) is 0 Å². The number of carbonyl (C=O) groups is 3. The van der Waals surface area contributed by atoms with Gasteiger partial charge in [0.1, 0.15) is 23.3 Å². The third kappa shape index (κ3) is 10.8. The number of aliphatic hydroxyl groups excluding tert-OH is 1. The largest absolute Gasteiger partial charge is 0.497 e. The first-order valence-electron chi connectivity index (χ1n) is 13.6. The molecule has 0 radical (unpaired) electrons. The summed E-state index contributed by atoms with van der Waals surface area (Å²) in [6.45, 7) is 5.60. The van der Waals surface area contributed by atoms with Crippen molar-refractivity contribution in [1.29, 1.82) is 5.26 Å². The Labute approximate surface area is 246 Å². The Morgan fingerprint density at radius 1 is 0.905 bits per heavy atom. The molecule has 0 bridgehead atoms. The quantitative estimate of drug-likeness (QED) is 0.213. The van der Waals surface area contributed by atoms with Gasteiger partial charge in [-0.05, 0) is 49.1 Å². The van der Waals surface area contributed by atoms with Crippen LogP contribution < -0.4 is 35.5 Å². The summed E-state index contributed by atoms with van der Waals surface area (Å²) in [7, 11) is 4.53. The predicted octanol–water partition coefficient (Wildman–Crippen LogP) is 2.37. The molecule has 12 heteroatoms. The predicted molar refractivity (Wildman–Crippen MR) is 156 cm³/mol. The number of urea groups is 1.